The maximum Gasteiger partial charge on any atom is 0.131 e. The number of benzene rings is 1. The molecule has 0 aliphatic heterocycles. The highest BCUT2D eigenvalue weighted by atomic mass is 16.5. The van der Waals surface area contributed by atoms with Gasteiger partial charge in [0, 0.05) is 7.11 Å². The van der Waals surface area contributed by atoms with Gasteiger partial charge in [-0.1, -0.05) is 31.2 Å². The van der Waals surface area contributed by atoms with Crippen LogP contribution in [0.3, 0.4) is 0 Å². The van der Waals surface area contributed by atoms with Crippen LogP contribution in [0.25, 0.3) is 0 Å². The van der Waals surface area contributed by atoms with Crippen LogP contribution < -0.4 is 5.73 Å². The van der Waals surface area contributed by atoms with Crippen LogP contribution in [0.1, 0.15) is 24.3 Å². The Labute approximate surface area is 73.3 Å². The van der Waals surface area contributed by atoms with Crippen LogP contribution in [-0.2, 0) is 11.2 Å². The molecule has 1 atom stereocenters. The first-order valence-corrected chi connectivity index (χ1v) is 4.15. The number of nitrogens with two attached hydrogens (primary N) is 1. The van der Waals surface area contributed by atoms with Crippen LogP contribution in [0.5, 0.6) is 0 Å². The molecule has 0 aromatic heterocycles. The van der Waals surface area contributed by atoms with Gasteiger partial charge in [0.05, 0.1) is 0 Å². The number of rotatable bonds is 3. The van der Waals surface area contributed by atoms with Crippen LogP contribution in [0, 0.1) is 0 Å². The summed E-state index contributed by atoms with van der Waals surface area (Å²) in [4.78, 5) is 0. The van der Waals surface area contributed by atoms with E-state index in [9.17, 15) is 0 Å². The Morgan fingerprint density at radius 2 is 2.25 bits per heavy atom. The molecule has 0 aliphatic carbocycles. The van der Waals surface area contributed by atoms with Crippen molar-refractivity contribution in [3.05, 3.63) is 35.4 Å². The van der Waals surface area contributed by atoms with Gasteiger partial charge in [0.1, 0.15) is 6.23 Å². The minimum Gasteiger partial charge on any atom is -0.363 e. The van der Waals surface area contributed by atoms with Crippen molar-refractivity contribution in [2.45, 2.75) is 19.6 Å². The first kappa shape index (κ1) is 9.23. The van der Waals surface area contributed by atoms with E-state index in [2.05, 4.69) is 19.1 Å². The van der Waals surface area contributed by atoms with Gasteiger partial charge >= 0.3 is 0 Å². The molecule has 0 saturated carbocycles. The molecule has 0 spiro atoms. The van der Waals surface area contributed by atoms with Gasteiger partial charge in [0.25, 0.3) is 0 Å². The summed E-state index contributed by atoms with van der Waals surface area (Å²) in [5, 5.41) is 0. The smallest absolute Gasteiger partial charge is 0.131 e. The fourth-order valence-electron chi connectivity index (χ4n) is 1.13. The third-order valence-electron chi connectivity index (χ3n) is 1.94. The molecule has 0 fully saturated rings. The summed E-state index contributed by atoms with van der Waals surface area (Å²) < 4.78 is 5.01. The van der Waals surface area contributed by atoms with Gasteiger partial charge in [-0.25, -0.2) is 0 Å². The molecule has 1 unspecified atom stereocenters. The summed E-state index contributed by atoms with van der Waals surface area (Å²) >= 11 is 0. The lowest BCUT2D eigenvalue weighted by atomic mass is 10.1. The van der Waals surface area contributed by atoms with E-state index in [4.69, 9.17) is 10.5 Å². The van der Waals surface area contributed by atoms with Crippen molar-refractivity contribution in [1.29, 1.82) is 0 Å². The molecule has 0 amide bonds. The van der Waals surface area contributed by atoms with E-state index < -0.39 is 0 Å². The standard InChI is InChI=1S/C10H15NO/c1-3-8-5-4-6-9(7-8)10(11)12-2/h4-7,10H,3,11H2,1-2H3. The summed E-state index contributed by atoms with van der Waals surface area (Å²) in [7, 11) is 1.61. The number of ether oxygens (including phenoxy) is 1. The Morgan fingerprint density at radius 1 is 1.50 bits per heavy atom. The van der Waals surface area contributed by atoms with E-state index in [1.807, 2.05) is 12.1 Å². The molecule has 0 radical (unpaired) electrons. The predicted molar refractivity (Wildman–Crippen MR) is 49.8 cm³/mol. The average Bonchev–Trinajstić information content (AvgIpc) is 2.17. The van der Waals surface area contributed by atoms with Crippen molar-refractivity contribution in [2.24, 2.45) is 5.73 Å². The summed E-state index contributed by atoms with van der Waals surface area (Å²) in [6.45, 7) is 2.12. The minimum absolute atomic E-state index is 0.295. The molecule has 1 rings (SSSR count). The zero-order chi connectivity index (χ0) is 8.97. The molecule has 2 nitrogen and oxygen atoms in total. The van der Waals surface area contributed by atoms with Gasteiger partial charge in [-0.15, -0.1) is 0 Å². The van der Waals surface area contributed by atoms with Gasteiger partial charge in [-0.2, -0.15) is 0 Å². The zero-order valence-electron chi connectivity index (χ0n) is 7.58. The Bertz CT molecular complexity index is 247. The number of methoxy groups -OCH3 is 1. The molecule has 2 N–H and O–H groups in total. The highest BCUT2D eigenvalue weighted by Gasteiger charge is 2.02. The van der Waals surface area contributed by atoms with Crippen molar-refractivity contribution >= 4 is 0 Å². The monoisotopic (exact) mass is 165 g/mol. The largest absolute Gasteiger partial charge is 0.363 e. The summed E-state index contributed by atoms with van der Waals surface area (Å²) in [6, 6.07) is 8.15. The van der Waals surface area contributed by atoms with Crippen LogP contribution >= 0.6 is 0 Å². The minimum atomic E-state index is -0.295. The molecular formula is C10H15NO. The lowest BCUT2D eigenvalue weighted by Crippen LogP contribution is -2.12. The van der Waals surface area contributed by atoms with Gasteiger partial charge < -0.3 is 10.5 Å². The molecule has 1 aromatic rings. The molecule has 0 heterocycles. The lowest BCUT2D eigenvalue weighted by molar-refractivity contribution is 0.109. The van der Waals surface area contributed by atoms with E-state index in [1.54, 1.807) is 7.11 Å². The van der Waals surface area contributed by atoms with E-state index in [0.29, 0.717) is 0 Å². The summed E-state index contributed by atoms with van der Waals surface area (Å²) in [5.74, 6) is 0. The maximum atomic E-state index is 5.70. The van der Waals surface area contributed by atoms with E-state index >= 15 is 0 Å². The first-order chi connectivity index (χ1) is 5.77. The highest BCUT2D eigenvalue weighted by molar-refractivity contribution is 5.24. The van der Waals surface area contributed by atoms with Crippen molar-refractivity contribution in [1.82, 2.24) is 0 Å². The Hall–Kier alpha value is -0.860. The number of aryl methyl sites for hydroxylation is 1. The molecule has 0 bridgehead atoms. The van der Waals surface area contributed by atoms with Crippen LogP contribution in [0.4, 0.5) is 0 Å². The predicted octanol–water partition coefficient (Wildman–Crippen LogP) is 1.85. The molecule has 66 valence electrons. The first-order valence-electron chi connectivity index (χ1n) is 4.15. The number of hydrogen-bond acceptors (Lipinski definition) is 2. The lowest BCUT2D eigenvalue weighted by Gasteiger charge is -2.10. The van der Waals surface area contributed by atoms with Crippen molar-refractivity contribution in [3.63, 3.8) is 0 Å². The van der Waals surface area contributed by atoms with Gasteiger partial charge in [0.15, 0.2) is 0 Å². The molecular weight excluding hydrogens is 150 g/mol. The van der Waals surface area contributed by atoms with Gasteiger partial charge in [-0.3, -0.25) is 0 Å². The molecule has 0 aliphatic rings. The van der Waals surface area contributed by atoms with E-state index in [1.165, 1.54) is 5.56 Å². The third kappa shape index (κ3) is 2.06. The zero-order valence-corrected chi connectivity index (χ0v) is 7.58. The molecule has 12 heavy (non-hydrogen) atoms. The quantitative estimate of drug-likeness (QED) is 0.694. The SMILES string of the molecule is CCc1cccc(C(N)OC)c1. The molecule has 1 aromatic carbocycles. The second-order valence-electron chi connectivity index (χ2n) is 2.75. The molecule has 2 heteroatoms. The number of hydrogen-bond donors (Lipinski definition) is 1. The Morgan fingerprint density at radius 3 is 2.83 bits per heavy atom. The Kier molecular flexibility index (Phi) is 3.26. The Balaban J connectivity index is 2.86. The second-order valence-corrected chi connectivity index (χ2v) is 2.75. The average molecular weight is 165 g/mol. The van der Waals surface area contributed by atoms with Gasteiger partial charge in [-0.05, 0) is 17.5 Å². The maximum absolute atomic E-state index is 5.70. The fraction of sp³-hybridized carbons (Fsp3) is 0.400. The van der Waals surface area contributed by atoms with Crippen molar-refractivity contribution < 1.29 is 4.74 Å². The normalized spacial score (nSPS) is 12.9. The summed E-state index contributed by atoms with van der Waals surface area (Å²) in [6.07, 6.45) is 0.737. The van der Waals surface area contributed by atoms with Crippen LogP contribution in [0.2, 0.25) is 0 Å². The van der Waals surface area contributed by atoms with Crippen molar-refractivity contribution in [2.75, 3.05) is 7.11 Å². The van der Waals surface area contributed by atoms with Crippen molar-refractivity contribution in [3.8, 4) is 0 Å². The molecule has 0 saturated heterocycles. The third-order valence-corrected chi connectivity index (χ3v) is 1.94. The fourth-order valence-corrected chi connectivity index (χ4v) is 1.13. The topological polar surface area (TPSA) is 35.2 Å². The van der Waals surface area contributed by atoms with E-state index in [-0.39, 0.29) is 6.23 Å². The van der Waals surface area contributed by atoms with E-state index in [0.717, 1.165) is 12.0 Å². The van der Waals surface area contributed by atoms with Gasteiger partial charge in [0.2, 0.25) is 0 Å². The highest BCUT2D eigenvalue weighted by Crippen LogP contribution is 2.12. The van der Waals surface area contributed by atoms with Crippen LogP contribution in [0.15, 0.2) is 24.3 Å². The summed E-state index contributed by atoms with van der Waals surface area (Å²) in [5.41, 5.74) is 8.03. The van der Waals surface area contributed by atoms with Crippen LogP contribution in [-0.4, -0.2) is 7.11 Å². The second kappa shape index (κ2) is 4.24.